The summed E-state index contributed by atoms with van der Waals surface area (Å²) in [7, 11) is 0. The highest BCUT2D eigenvalue weighted by Gasteiger charge is 2.24. The highest BCUT2D eigenvalue weighted by molar-refractivity contribution is 7.20. The molecule has 0 bridgehead atoms. The minimum atomic E-state index is -0.701. The molecule has 3 amide bonds. The predicted octanol–water partition coefficient (Wildman–Crippen LogP) is 4.66. The van der Waals surface area contributed by atoms with Crippen LogP contribution in [0.4, 0.5) is 5.69 Å². The molecular formula is C26H29N3O4S. The van der Waals surface area contributed by atoms with Crippen LogP contribution in [0.15, 0.2) is 54.6 Å². The first-order chi connectivity index (χ1) is 16.5. The van der Waals surface area contributed by atoms with Gasteiger partial charge in [0.05, 0.1) is 4.88 Å². The molecule has 1 aliphatic rings. The molecule has 3 aromatic rings. The second-order valence-corrected chi connectivity index (χ2v) is 9.90. The second kappa shape index (κ2) is 11.3. The first-order valence-electron chi connectivity index (χ1n) is 11.6. The molecule has 7 nitrogen and oxygen atoms in total. The van der Waals surface area contributed by atoms with Crippen LogP contribution >= 0.6 is 11.3 Å². The van der Waals surface area contributed by atoms with E-state index in [0.717, 1.165) is 28.5 Å². The number of thiophene rings is 1. The van der Waals surface area contributed by atoms with Gasteiger partial charge in [0.15, 0.2) is 0 Å². The standard InChI is InChI=1S/C26H29N3O4S/c30-24(14-18-9-5-2-6-10-18)28-21(13-17-7-3-1-4-8-17)25(31)27-20-11-12-22-19(15-20)16-23(34-22)26(32)29-33/h1,3-4,7-8,11-12,15-16,18,21,33H,2,5-6,9-10,13-14H2,(H,27,31)(H,28,30)(H,29,32). The van der Waals surface area contributed by atoms with Gasteiger partial charge in [-0.2, -0.15) is 0 Å². The van der Waals surface area contributed by atoms with Crippen molar-refractivity contribution in [3.8, 4) is 0 Å². The molecule has 2 aromatic carbocycles. The van der Waals surface area contributed by atoms with Gasteiger partial charge in [-0.3, -0.25) is 19.6 Å². The van der Waals surface area contributed by atoms with Gasteiger partial charge in [-0.1, -0.05) is 49.6 Å². The maximum absolute atomic E-state index is 13.2. The van der Waals surface area contributed by atoms with Crippen molar-refractivity contribution >= 4 is 44.8 Å². The predicted molar refractivity (Wildman–Crippen MR) is 133 cm³/mol. The zero-order valence-corrected chi connectivity index (χ0v) is 19.7. The summed E-state index contributed by atoms with van der Waals surface area (Å²) in [6.07, 6.45) is 6.55. The Kier molecular flexibility index (Phi) is 7.92. The lowest BCUT2D eigenvalue weighted by atomic mass is 9.87. The van der Waals surface area contributed by atoms with Crippen LogP contribution in [0.2, 0.25) is 0 Å². The molecule has 1 atom stereocenters. The molecule has 0 saturated heterocycles. The zero-order chi connectivity index (χ0) is 23.9. The number of rotatable bonds is 8. The zero-order valence-electron chi connectivity index (χ0n) is 18.9. The second-order valence-electron chi connectivity index (χ2n) is 8.81. The Morgan fingerprint density at radius 2 is 1.76 bits per heavy atom. The highest BCUT2D eigenvalue weighted by Crippen LogP contribution is 2.29. The highest BCUT2D eigenvalue weighted by atomic mass is 32.1. The van der Waals surface area contributed by atoms with E-state index < -0.39 is 11.9 Å². The third-order valence-corrected chi connectivity index (χ3v) is 7.36. The lowest BCUT2D eigenvalue weighted by molar-refractivity contribution is -0.127. The number of carbonyl (C=O) groups is 3. The van der Waals surface area contributed by atoms with Gasteiger partial charge in [0, 0.05) is 23.2 Å². The summed E-state index contributed by atoms with van der Waals surface area (Å²) < 4.78 is 0.859. The monoisotopic (exact) mass is 479 g/mol. The molecule has 4 N–H and O–H groups in total. The SMILES string of the molecule is O=C(CC1CCCCC1)NC(Cc1ccccc1)C(=O)Nc1ccc2sc(C(=O)NO)cc2c1. The average molecular weight is 480 g/mol. The largest absolute Gasteiger partial charge is 0.344 e. The van der Waals surface area contributed by atoms with E-state index in [9.17, 15) is 14.4 Å². The van der Waals surface area contributed by atoms with Crippen LogP contribution in [-0.4, -0.2) is 29.0 Å². The fourth-order valence-electron chi connectivity index (χ4n) is 4.48. The van der Waals surface area contributed by atoms with E-state index in [2.05, 4.69) is 10.6 Å². The number of hydrogen-bond donors (Lipinski definition) is 4. The van der Waals surface area contributed by atoms with E-state index in [-0.39, 0.29) is 11.8 Å². The van der Waals surface area contributed by atoms with Crippen molar-refractivity contribution in [2.75, 3.05) is 5.32 Å². The summed E-state index contributed by atoms with van der Waals surface area (Å²) in [6, 6.07) is 16.0. The number of hydroxylamine groups is 1. The normalized spacial score (nSPS) is 15.0. The molecule has 0 radical (unpaired) electrons. The van der Waals surface area contributed by atoms with Crippen LogP contribution in [-0.2, 0) is 16.0 Å². The molecule has 8 heteroatoms. The maximum Gasteiger partial charge on any atom is 0.284 e. The number of anilines is 1. The van der Waals surface area contributed by atoms with Crippen LogP contribution in [0, 0.1) is 5.92 Å². The lowest BCUT2D eigenvalue weighted by Crippen LogP contribution is -2.45. The molecule has 1 aromatic heterocycles. The fraction of sp³-hybridized carbons (Fsp3) is 0.346. The Bertz CT molecular complexity index is 1160. The van der Waals surface area contributed by atoms with Crippen molar-refractivity contribution in [1.29, 1.82) is 0 Å². The van der Waals surface area contributed by atoms with Gasteiger partial charge >= 0.3 is 0 Å². The topological polar surface area (TPSA) is 108 Å². The Morgan fingerprint density at radius 3 is 2.50 bits per heavy atom. The third-order valence-electron chi connectivity index (χ3n) is 6.24. The van der Waals surface area contributed by atoms with Crippen LogP contribution in [0.25, 0.3) is 10.1 Å². The van der Waals surface area contributed by atoms with Gasteiger partial charge < -0.3 is 10.6 Å². The van der Waals surface area contributed by atoms with E-state index in [4.69, 9.17) is 5.21 Å². The molecule has 1 unspecified atom stereocenters. The van der Waals surface area contributed by atoms with Crippen LogP contribution < -0.4 is 16.1 Å². The van der Waals surface area contributed by atoms with Crippen molar-refractivity contribution in [2.45, 2.75) is 51.0 Å². The molecule has 0 aliphatic heterocycles. The summed E-state index contributed by atoms with van der Waals surface area (Å²) >= 11 is 1.25. The smallest absolute Gasteiger partial charge is 0.284 e. The quantitative estimate of drug-likeness (QED) is 0.278. The fourth-order valence-corrected chi connectivity index (χ4v) is 5.42. The van der Waals surface area contributed by atoms with Gasteiger partial charge in [-0.15, -0.1) is 11.3 Å². The summed E-state index contributed by atoms with van der Waals surface area (Å²) in [6.45, 7) is 0. The summed E-state index contributed by atoms with van der Waals surface area (Å²) in [5.41, 5.74) is 3.18. The number of nitrogens with one attached hydrogen (secondary N) is 3. The minimum Gasteiger partial charge on any atom is -0.344 e. The van der Waals surface area contributed by atoms with Crippen LogP contribution in [0.1, 0.15) is 53.8 Å². The summed E-state index contributed by atoms with van der Waals surface area (Å²) in [5, 5.41) is 15.5. The number of hydrogen-bond acceptors (Lipinski definition) is 5. The molecule has 1 aliphatic carbocycles. The van der Waals surface area contributed by atoms with Gasteiger partial charge in [0.2, 0.25) is 11.8 Å². The first kappa shape index (κ1) is 23.9. The van der Waals surface area contributed by atoms with E-state index in [0.29, 0.717) is 29.3 Å². The summed E-state index contributed by atoms with van der Waals surface area (Å²) in [4.78, 5) is 38.1. The Morgan fingerprint density at radius 1 is 1.00 bits per heavy atom. The van der Waals surface area contributed by atoms with Gasteiger partial charge in [0.1, 0.15) is 6.04 Å². The number of amides is 3. The van der Waals surface area contributed by atoms with Gasteiger partial charge in [-0.25, -0.2) is 5.48 Å². The molecule has 1 saturated carbocycles. The molecule has 34 heavy (non-hydrogen) atoms. The van der Waals surface area contributed by atoms with Gasteiger partial charge in [-0.05, 0) is 54.0 Å². The molecule has 178 valence electrons. The van der Waals surface area contributed by atoms with E-state index in [1.54, 1.807) is 23.7 Å². The number of carbonyl (C=O) groups excluding carboxylic acids is 3. The Balaban J connectivity index is 1.47. The Hall–Kier alpha value is -3.23. The third kappa shape index (κ3) is 6.21. The van der Waals surface area contributed by atoms with E-state index >= 15 is 0 Å². The van der Waals surface area contributed by atoms with E-state index in [1.807, 2.05) is 36.4 Å². The molecule has 1 fully saturated rings. The van der Waals surface area contributed by atoms with Crippen molar-refractivity contribution in [1.82, 2.24) is 10.8 Å². The maximum atomic E-state index is 13.2. The molecule has 1 heterocycles. The van der Waals surface area contributed by atoms with Crippen LogP contribution in [0.3, 0.4) is 0 Å². The molecule has 4 rings (SSSR count). The van der Waals surface area contributed by atoms with Crippen molar-refractivity contribution in [2.24, 2.45) is 5.92 Å². The summed E-state index contributed by atoms with van der Waals surface area (Å²) in [5.74, 6) is -0.560. The van der Waals surface area contributed by atoms with Crippen molar-refractivity contribution in [3.63, 3.8) is 0 Å². The number of fused-ring (bicyclic) bond motifs is 1. The first-order valence-corrected chi connectivity index (χ1v) is 12.5. The molecular weight excluding hydrogens is 450 g/mol. The Labute approximate surface area is 202 Å². The number of benzene rings is 2. The van der Waals surface area contributed by atoms with Crippen molar-refractivity contribution in [3.05, 3.63) is 65.0 Å². The van der Waals surface area contributed by atoms with Crippen molar-refractivity contribution < 1.29 is 19.6 Å². The van der Waals surface area contributed by atoms with E-state index in [1.165, 1.54) is 30.6 Å². The molecule has 0 spiro atoms. The van der Waals surface area contributed by atoms with Crippen LogP contribution in [0.5, 0.6) is 0 Å². The average Bonchev–Trinajstić information content (AvgIpc) is 3.28. The lowest BCUT2D eigenvalue weighted by Gasteiger charge is -2.23. The van der Waals surface area contributed by atoms with Gasteiger partial charge in [0.25, 0.3) is 5.91 Å². The minimum absolute atomic E-state index is 0.0871.